The summed E-state index contributed by atoms with van der Waals surface area (Å²) >= 11 is 6.64. The molecule has 2 aromatic heterocycles. The Kier molecular flexibility index (Phi) is 5.71. The number of carbonyl (C=O) groups excluding carboxylic acids is 1. The topological polar surface area (TPSA) is 93.9 Å². The van der Waals surface area contributed by atoms with Gasteiger partial charge in [-0.2, -0.15) is 10.5 Å². The van der Waals surface area contributed by atoms with Crippen LogP contribution in [0.15, 0.2) is 38.6 Å². The van der Waals surface area contributed by atoms with Crippen LogP contribution in [0, 0.1) is 22.7 Å². The number of aryl methyl sites for hydroxylation is 1. The smallest absolute Gasteiger partial charge is 0.161 e. The molecule has 0 unspecified atom stereocenters. The number of hydrogen-bond donors (Lipinski definition) is 1. The lowest BCUT2D eigenvalue weighted by molar-refractivity contribution is -0.116. The fraction of sp³-hybridized carbons (Fsp3) is 0.375. The molecule has 0 radical (unpaired) electrons. The highest BCUT2D eigenvalue weighted by Gasteiger charge is 2.42. The monoisotopic (exact) mass is 524 g/mol. The number of carbonyl (C=O) groups is 1. The minimum absolute atomic E-state index is 0.0719. The van der Waals surface area contributed by atoms with Gasteiger partial charge in [0.25, 0.3) is 0 Å². The third-order valence-corrected chi connectivity index (χ3v) is 9.47. The molecule has 162 valence electrons. The summed E-state index contributed by atoms with van der Waals surface area (Å²) in [6.07, 6.45) is 7.16. The summed E-state index contributed by atoms with van der Waals surface area (Å²) in [5, 5.41) is 21.0. The number of fused-ring (bicyclic) bond motifs is 1. The quantitative estimate of drug-likeness (QED) is 0.484. The second-order valence-corrected chi connectivity index (χ2v) is 11.9. The van der Waals surface area contributed by atoms with Gasteiger partial charge >= 0.3 is 0 Å². The molecular formula is C24H21BrN4OS2. The van der Waals surface area contributed by atoms with Crippen molar-refractivity contribution < 1.29 is 4.79 Å². The first-order chi connectivity index (χ1) is 15.5. The van der Waals surface area contributed by atoms with E-state index in [0.717, 1.165) is 57.0 Å². The first-order valence-electron chi connectivity index (χ1n) is 10.8. The largest absolute Gasteiger partial charge is 0.384 e. The molecule has 0 saturated heterocycles. The molecule has 5 rings (SSSR count). The average molecular weight is 525 g/mol. The van der Waals surface area contributed by atoms with Crippen LogP contribution in [0.25, 0.3) is 0 Å². The normalized spacial score (nSPS) is 21.0. The molecule has 0 fully saturated rings. The summed E-state index contributed by atoms with van der Waals surface area (Å²) in [6, 6.07) is 8.64. The molecule has 0 aromatic carbocycles. The Morgan fingerprint density at radius 3 is 2.56 bits per heavy atom. The lowest BCUT2D eigenvalue weighted by Gasteiger charge is -2.38. The third-order valence-electron chi connectivity index (χ3n) is 6.51. The number of rotatable bonds is 2. The van der Waals surface area contributed by atoms with Crippen LogP contribution < -0.4 is 10.6 Å². The molecule has 0 amide bonds. The molecule has 2 aliphatic carbocycles. The van der Waals surface area contributed by atoms with Crippen LogP contribution in [-0.2, 0) is 17.6 Å². The van der Waals surface area contributed by atoms with Crippen molar-refractivity contribution in [3.8, 4) is 12.1 Å². The highest BCUT2D eigenvalue weighted by Crippen LogP contribution is 2.51. The van der Waals surface area contributed by atoms with Crippen LogP contribution >= 0.6 is 38.6 Å². The maximum atomic E-state index is 13.2. The number of nitrogens with two attached hydrogens (primary N) is 1. The maximum Gasteiger partial charge on any atom is 0.161 e. The number of hydrogen-bond acceptors (Lipinski definition) is 7. The number of nitriles is 2. The zero-order chi connectivity index (χ0) is 22.4. The van der Waals surface area contributed by atoms with Gasteiger partial charge in [-0.15, -0.1) is 22.7 Å². The second-order valence-electron chi connectivity index (χ2n) is 8.31. The van der Waals surface area contributed by atoms with Gasteiger partial charge in [-0.25, -0.2) is 0 Å². The zero-order valence-electron chi connectivity index (χ0n) is 17.4. The summed E-state index contributed by atoms with van der Waals surface area (Å²) < 4.78 is 0.949. The van der Waals surface area contributed by atoms with Crippen LogP contribution in [0.4, 0.5) is 5.00 Å². The van der Waals surface area contributed by atoms with Crippen molar-refractivity contribution in [1.82, 2.24) is 0 Å². The molecule has 8 heteroatoms. The molecule has 5 nitrogen and oxygen atoms in total. The molecular weight excluding hydrogens is 504 g/mol. The van der Waals surface area contributed by atoms with E-state index in [2.05, 4.69) is 28.1 Å². The van der Waals surface area contributed by atoms with E-state index in [1.165, 1.54) is 22.6 Å². The van der Waals surface area contributed by atoms with E-state index >= 15 is 0 Å². The fourth-order valence-electron chi connectivity index (χ4n) is 5.09. The predicted molar refractivity (Wildman–Crippen MR) is 130 cm³/mol. The molecule has 2 N–H and O–H groups in total. The van der Waals surface area contributed by atoms with Crippen molar-refractivity contribution in [1.29, 1.82) is 10.5 Å². The van der Waals surface area contributed by atoms with Gasteiger partial charge in [0.15, 0.2) is 5.78 Å². The summed E-state index contributed by atoms with van der Waals surface area (Å²) in [5.41, 5.74) is 10.4. The maximum absolute atomic E-state index is 13.2. The minimum atomic E-state index is -0.446. The summed E-state index contributed by atoms with van der Waals surface area (Å²) in [5.74, 6) is -0.0234. The van der Waals surface area contributed by atoms with Gasteiger partial charge in [0.1, 0.15) is 16.9 Å². The Balaban J connectivity index is 1.75. The zero-order valence-corrected chi connectivity index (χ0v) is 20.6. The van der Waals surface area contributed by atoms with Gasteiger partial charge in [-0.1, -0.05) is 6.42 Å². The highest BCUT2D eigenvalue weighted by molar-refractivity contribution is 9.11. The number of nitrogens with zero attached hydrogens (tertiary/aromatic N) is 3. The van der Waals surface area contributed by atoms with E-state index in [4.69, 9.17) is 5.73 Å². The van der Waals surface area contributed by atoms with Gasteiger partial charge < -0.3 is 5.73 Å². The lowest BCUT2D eigenvalue weighted by atomic mass is 9.78. The highest BCUT2D eigenvalue weighted by atomic mass is 79.9. The predicted octanol–water partition coefficient (Wildman–Crippen LogP) is 6.02. The Hall–Kier alpha value is -2.39. The molecule has 2 aromatic rings. The van der Waals surface area contributed by atoms with Crippen molar-refractivity contribution in [3.05, 3.63) is 59.5 Å². The number of ketones is 1. The summed E-state index contributed by atoms with van der Waals surface area (Å²) in [7, 11) is 0. The standard InChI is InChI=1S/C24H21BrN4OS2/c25-20-10-9-19(31-20)21-15(12-27)23(28)29(16-6-4-7-17(30)22(16)21)24-14(11-26)13-5-2-1-3-8-18(13)32-24/h9-10,21H,1-8,28H2/t21-/m1/s1. The molecule has 1 aliphatic heterocycles. The van der Waals surface area contributed by atoms with Gasteiger partial charge in [0, 0.05) is 27.4 Å². The van der Waals surface area contributed by atoms with Crippen LogP contribution in [0.2, 0.25) is 0 Å². The van der Waals surface area contributed by atoms with Crippen molar-refractivity contribution in [2.75, 3.05) is 4.90 Å². The SMILES string of the molecule is N#CC1=C(N)N(c2sc3c(c2C#N)CCCCC3)C2=C(C(=O)CCC2)[C@H]1c1ccc(Br)s1. The van der Waals surface area contributed by atoms with Crippen molar-refractivity contribution >= 4 is 49.4 Å². The van der Waals surface area contributed by atoms with Crippen molar-refractivity contribution in [3.63, 3.8) is 0 Å². The first-order valence-corrected chi connectivity index (χ1v) is 13.2. The molecule has 0 spiro atoms. The number of Topliss-reactive ketones (excluding diaryl/α,β-unsaturated/α-hetero) is 1. The summed E-state index contributed by atoms with van der Waals surface area (Å²) in [4.78, 5) is 17.3. The van der Waals surface area contributed by atoms with Crippen molar-refractivity contribution in [2.45, 2.75) is 57.3 Å². The van der Waals surface area contributed by atoms with E-state index in [1.807, 2.05) is 17.0 Å². The average Bonchev–Trinajstić information content (AvgIpc) is 3.28. The molecule has 32 heavy (non-hydrogen) atoms. The second kappa shape index (κ2) is 8.51. The number of allylic oxidation sites excluding steroid dienone is 3. The van der Waals surface area contributed by atoms with Gasteiger partial charge in [-0.05, 0) is 72.2 Å². The van der Waals surface area contributed by atoms with Gasteiger partial charge in [0.2, 0.25) is 0 Å². The Bertz CT molecular complexity index is 1270. The Morgan fingerprint density at radius 2 is 1.84 bits per heavy atom. The number of thiophene rings is 2. The number of anilines is 1. The lowest BCUT2D eigenvalue weighted by Crippen LogP contribution is -2.38. The van der Waals surface area contributed by atoms with Crippen LogP contribution in [0.1, 0.15) is 65.3 Å². The van der Waals surface area contributed by atoms with Gasteiger partial charge in [0.05, 0.1) is 26.9 Å². The summed E-state index contributed by atoms with van der Waals surface area (Å²) in [6.45, 7) is 0. The molecule has 0 saturated carbocycles. The molecule has 3 heterocycles. The van der Waals surface area contributed by atoms with E-state index < -0.39 is 5.92 Å². The Labute approximate surface area is 203 Å². The first kappa shape index (κ1) is 21.5. The molecule has 1 atom stereocenters. The third kappa shape index (κ3) is 3.33. The van der Waals surface area contributed by atoms with E-state index in [0.29, 0.717) is 35.4 Å². The van der Waals surface area contributed by atoms with Crippen molar-refractivity contribution in [2.24, 2.45) is 5.73 Å². The van der Waals surface area contributed by atoms with Crippen LogP contribution in [-0.4, -0.2) is 5.78 Å². The van der Waals surface area contributed by atoms with Gasteiger partial charge in [-0.3, -0.25) is 9.69 Å². The fourth-order valence-corrected chi connectivity index (χ4v) is 8.01. The Morgan fingerprint density at radius 1 is 1.03 bits per heavy atom. The molecule has 3 aliphatic rings. The van der Waals surface area contributed by atoms with E-state index in [1.54, 1.807) is 11.3 Å². The van der Waals surface area contributed by atoms with Crippen LogP contribution in [0.3, 0.4) is 0 Å². The van der Waals surface area contributed by atoms with Crippen LogP contribution in [0.5, 0.6) is 0 Å². The minimum Gasteiger partial charge on any atom is -0.384 e. The molecule has 0 bridgehead atoms. The van der Waals surface area contributed by atoms with E-state index in [9.17, 15) is 15.3 Å². The number of halogens is 1. The van der Waals surface area contributed by atoms with E-state index in [-0.39, 0.29) is 5.78 Å².